The molecule has 0 aromatic heterocycles. The van der Waals surface area contributed by atoms with E-state index in [9.17, 15) is 14.4 Å². The molecular weight excluding hydrogens is 312 g/mol. The quantitative estimate of drug-likeness (QED) is 0.403. The number of unbranched alkanes of at least 4 members (excludes halogenated alkanes) is 1. The predicted octanol–water partition coefficient (Wildman–Crippen LogP) is 3.10. The molecule has 0 amide bonds. The Morgan fingerprint density at radius 3 is 2.32 bits per heavy atom. The number of cyclic esters (lactones) is 2. The summed E-state index contributed by atoms with van der Waals surface area (Å²) < 4.78 is 21.1. The van der Waals surface area contributed by atoms with E-state index in [2.05, 4.69) is 9.47 Å². The second kappa shape index (κ2) is 11.3. The molecule has 1 unspecified atom stereocenters. The van der Waals surface area contributed by atoms with Crippen molar-refractivity contribution >= 4 is 29.5 Å². The van der Waals surface area contributed by atoms with Gasteiger partial charge >= 0.3 is 12.1 Å². The highest BCUT2D eigenvalue weighted by Gasteiger charge is 2.41. The average molecular weight is 339 g/mol. The third kappa shape index (κ3) is 8.22. The standard InChI is InChI=1S/C10H16O5.C5H9ClO/c1-3-4-5-13-8(11)10(2)6-14-9(12)15-7-10;1-2-3-5(7)4-6/h3-7H2,1-2H3;2-4H2,1H3/i;4T. The molecule has 6 nitrogen and oxygen atoms in total. The van der Waals surface area contributed by atoms with E-state index in [4.69, 9.17) is 17.7 Å². The first-order valence-corrected chi connectivity index (χ1v) is 7.76. The monoisotopic (exact) mass is 338 g/mol. The number of carbonyl (C=O) groups excluding carboxylic acids is 3. The van der Waals surface area contributed by atoms with E-state index in [-0.39, 0.29) is 25.0 Å². The molecule has 0 spiro atoms. The van der Waals surface area contributed by atoms with Crippen molar-refractivity contribution in [1.29, 1.82) is 0 Å². The molecular formula is C15H25ClO6. The van der Waals surface area contributed by atoms with Crippen molar-refractivity contribution in [1.82, 2.24) is 0 Å². The zero-order valence-corrected chi connectivity index (χ0v) is 14.1. The summed E-state index contributed by atoms with van der Waals surface area (Å²) in [5, 5.41) is 0. The van der Waals surface area contributed by atoms with Gasteiger partial charge in [0, 0.05) is 6.42 Å². The molecule has 0 N–H and O–H groups in total. The van der Waals surface area contributed by atoms with Crippen LogP contribution in [0.3, 0.4) is 0 Å². The normalized spacial score (nSPS) is 17.8. The summed E-state index contributed by atoms with van der Waals surface area (Å²) in [5.41, 5.74) is -0.859. The Kier molecular flexibility index (Phi) is 9.62. The van der Waals surface area contributed by atoms with Gasteiger partial charge in [0.2, 0.25) is 0 Å². The molecule has 0 aliphatic carbocycles. The Hall–Kier alpha value is -1.30. The highest BCUT2D eigenvalue weighted by atomic mass is 35.5. The van der Waals surface area contributed by atoms with Gasteiger partial charge < -0.3 is 14.2 Å². The Morgan fingerprint density at radius 1 is 1.32 bits per heavy atom. The Bertz CT molecular complexity index is 389. The van der Waals surface area contributed by atoms with Crippen molar-refractivity contribution in [3.05, 3.63) is 0 Å². The highest BCUT2D eigenvalue weighted by Crippen LogP contribution is 2.24. The number of carbonyl (C=O) groups is 3. The fourth-order valence-electron chi connectivity index (χ4n) is 1.42. The van der Waals surface area contributed by atoms with Crippen LogP contribution >= 0.6 is 11.6 Å². The summed E-state index contributed by atoms with van der Waals surface area (Å²) in [7, 11) is 0. The number of hydrogen-bond donors (Lipinski definition) is 0. The van der Waals surface area contributed by atoms with E-state index >= 15 is 0 Å². The van der Waals surface area contributed by atoms with Crippen molar-refractivity contribution in [2.75, 3.05) is 25.7 Å². The van der Waals surface area contributed by atoms with Crippen LogP contribution in [0.5, 0.6) is 0 Å². The molecule has 0 bridgehead atoms. The summed E-state index contributed by atoms with van der Waals surface area (Å²) in [4.78, 5) is 32.7. The highest BCUT2D eigenvalue weighted by molar-refractivity contribution is 6.27. The van der Waals surface area contributed by atoms with Crippen molar-refractivity contribution in [3.63, 3.8) is 0 Å². The Labute approximate surface area is 137 Å². The smallest absolute Gasteiger partial charge is 0.465 e. The summed E-state index contributed by atoms with van der Waals surface area (Å²) in [5.74, 6) is -1.60. The lowest BCUT2D eigenvalue weighted by atomic mass is 9.93. The minimum atomic E-state index is -1.05. The maximum atomic E-state index is 11.6. The van der Waals surface area contributed by atoms with Gasteiger partial charge in [-0.05, 0) is 19.8 Å². The van der Waals surface area contributed by atoms with Crippen molar-refractivity contribution < 1.29 is 30.0 Å². The third-order valence-corrected chi connectivity index (χ3v) is 3.10. The molecule has 1 fully saturated rings. The Morgan fingerprint density at radius 2 is 1.91 bits per heavy atom. The number of ketones is 1. The maximum absolute atomic E-state index is 11.6. The van der Waals surface area contributed by atoms with Gasteiger partial charge in [-0.2, -0.15) is 0 Å². The van der Waals surface area contributed by atoms with Crippen LogP contribution in [-0.2, 0) is 23.8 Å². The summed E-state index contributed by atoms with van der Waals surface area (Å²) in [6.07, 6.45) is 2.28. The van der Waals surface area contributed by atoms with Gasteiger partial charge in [-0.15, -0.1) is 11.6 Å². The van der Waals surface area contributed by atoms with Crippen molar-refractivity contribution in [2.24, 2.45) is 5.41 Å². The van der Waals surface area contributed by atoms with Crippen molar-refractivity contribution in [3.8, 4) is 0 Å². The number of esters is 1. The molecule has 1 rings (SSSR count). The first kappa shape index (κ1) is 18.7. The number of ether oxygens (including phenoxy) is 3. The molecule has 1 aliphatic rings. The molecule has 1 saturated heterocycles. The van der Waals surface area contributed by atoms with Gasteiger partial charge in [-0.1, -0.05) is 20.3 Å². The van der Waals surface area contributed by atoms with Crippen LogP contribution in [0.4, 0.5) is 4.79 Å². The SMILES string of the molecule is CCCCOC(=O)C1(C)COC(=O)OC1.[3H]C(Cl)C(=O)CCC. The van der Waals surface area contributed by atoms with Gasteiger partial charge in [0.05, 0.1) is 13.8 Å². The van der Waals surface area contributed by atoms with Gasteiger partial charge in [-0.3, -0.25) is 9.59 Å². The van der Waals surface area contributed by atoms with Gasteiger partial charge in [0.15, 0.2) is 0 Å². The topological polar surface area (TPSA) is 78.9 Å². The molecule has 0 aromatic carbocycles. The second-order valence-corrected chi connectivity index (χ2v) is 5.42. The molecule has 1 atom stereocenters. The first-order valence-electron chi connectivity index (χ1n) is 7.90. The lowest BCUT2D eigenvalue weighted by molar-refractivity contribution is -0.166. The van der Waals surface area contributed by atoms with E-state index in [0.29, 0.717) is 13.0 Å². The molecule has 1 heterocycles. The second-order valence-electron chi connectivity index (χ2n) is 5.20. The molecule has 0 aromatic rings. The first-order chi connectivity index (χ1) is 10.8. The zero-order chi connectivity index (χ0) is 17.9. The number of alkyl halides is 1. The fourth-order valence-corrected chi connectivity index (χ4v) is 1.53. The summed E-state index contributed by atoms with van der Waals surface area (Å²) in [6.45, 7) is 6.01. The largest absolute Gasteiger partial charge is 0.508 e. The predicted molar refractivity (Wildman–Crippen MR) is 81.9 cm³/mol. The van der Waals surface area contributed by atoms with Crippen LogP contribution in [0.1, 0.15) is 47.8 Å². The third-order valence-electron chi connectivity index (χ3n) is 2.86. The van der Waals surface area contributed by atoms with E-state index in [1.807, 2.05) is 13.8 Å². The van der Waals surface area contributed by atoms with Crippen LogP contribution in [0, 0.1) is 5.41 Å². The minimum Gasteiger partial charge on any atom is -0.465 e. The van der Waals surface area contributed by atoms with E-state index in [1.54, 1.807) is 6.92 Å². The van der Waals surface area contributed by atoms with Crippen LogP contribution in [0.15, 0.2) is 0 Å². The molecule has 128 valence electrons. The maximum Gasteiger partial charge on any atom is 0.508 e. The van der Waals surface area contributed by atoms with E-state index in [0.717, 1.165) is 19.3 Å². The van der Waals surface area contributed by atoms with E-state index < -0.39 is 17.4 Å². The van der Waals surface area contributed by atoms with Crippen LogP contribution < -0.4 is 0 Å². The lowest BCUT2D eigenvalue weighted by Gasteiger charge is -2.29. The molecule has 1 aliphatic heterocycles. The number of halogens is 1. The number of rotatable bonds is 7. The molecule has 0 radical (unpaired) electrons. The van der Waals surface area contributed by atoms with Gasteiger partial charge in [0.1, 0.15) is 24.4 Å². The van der Waals surface area contributed by atoms with Crippen LogP contribution in [-0.4, -0.2) is 43.6 Å². The minimum absolute atomic E-state index is 0.0246. The van der Waals surface area contributed by atoms with E-state index in [1.165, 1.54) is 0 Å². The summed E-state index contributed by atoms with van der Waals surface area (Å²) >= 11 is 5.12. The fraction of sp³-hybridized carbons (Fsp3) is 0.800. The number of Topliss-reactive ketones (excluding diaryl/α,β-unsaturated/α-hetero) is 1. The van der Waals surface area contributed by atoms with Crippen molar-refractivity contribution in [2.45, 2.75) is 46.5 Å². The van der Waals surface area contributed by atoms with Gasteiger partial charge in [-0.25, -0.2) is 4.79 Å². The Balaban J connectivity index is 0.000000515. The molecule has 7 heteroatoms. The van der Waals surface area contributed by atoms with Crippen LogP contribution in [0.25, 0.3) is 0 Å². The average Bonchev–Trinajstić information content (AvgIpc) is 2.51. The molecule has 22 heavy (non-hydrogen) atoms. The zero-order valence-electron chi connectivity index (χ0n) is 14.4. The summed E-state index contributed by atoms with van der Waals surface area (Å²) in [6, 6.07) is 0. The number of hydrogen-bond acceptors (Lipinski definition) is 6. The van der Waals surface area contributed by atoms with Crippen LogP contribution in [0.2, 0.25) is 0 Å². The van der Waals surface area contributed by atoms with Gasteiger partial charge in [0.25, 0.3) is 0 Å². The lowest BCUT2D eigenvalue weighted by Crippen LogP contribution is -2.44. The molecule has 0 saturated carbocycles.